The van der Waals surface area contributed by atoms with Crippen molar-refractivity contribution in [2.75, 3.05) is 20.3 Å². The molecule has 5 atom stereocenters. The van der Waals surface area contributed by atoms with E-state index in [0.29, 0.717) is 32.0 Å². The number of ether oxygens (including phenoxy) is 3. The Bertz CT molecular complexity index is 708. The van der Waals surface area contributed by atoms with Crippen LogP contribution in [-0.2, 0) is 23.8 Å². The fraction of sp³-hybridized carbons (Fsp3) is 0.944. The summed E-state index contributed by atoms with van der Waals surface area (Å²) in [6.45, 7) is 7.45. The lowest BCUT2D eigenvalue weighted by Gasteiger charge is -2.27. The average molecular weight is 622 g/mol. The summed E-state index contributed by atoms with van der Waals surface area (Å²) in [6, 6.07) is -0.363. The largest absolute Gasteiger partial charge is 0.481 e. The highest BCUT2D eigenvalue weighted by Crippen LogP contribution is 2.34. The number of unbranched alkanes of at least 4 members (excludes halogenated alkanes) is 18. The second-order valence-electron chi connectivity index (χ2n) is 13.6. The first-order chi connectivity index (χ1) is 21.3. The average Bonchev–Trinajstić information content (AvgIpc) is 3.28. The normalized spacial score (nSPS) is 20.8. The Morgan fingerprint density at radius 3 is 1.59 bits per heavy atom. The molecule has 0 aromatic rings. The molecular weight excluding hydrogens is 553 g/mol. The summed E-state index contributed by atoms with van der Waals surface area (Å²) in [6.07, 6.45) is 25.3. The van der Waals surface area contributed by atoms with Gasteiger partial charge in [0.2, 0.25) is 5.91 Å². The maximum Gasteiger partial charge on any atom is 0.303 e. The Labute approximate surface area is 272 Å². The number of hydrogen-bond donors (Lipinski definition) is 2. The van der Waals surface area contributed by atoms with E-state index in [-0.39, 0.29) is 30.1 Å². The smallest absolute Gasteiger partial charge is 0.303 e. The van der Waals surface area contributed by atoms with Crippen molar-refractivity contribution in [2.45, 2.75) is 186 Å². The molecule has 7 nitrogen and oxygen atoms in total. The van der Waals surface area contributed by atoms with E-state index < -0.39 is 12.0 Å². The van der Waals surface area contributed by atoms with Gasteiger partial charge in [-0.05, 0) is 32.1 Å². The molecule has 0 aromatic heterocycles. The highest BCUT2D eigenvalue weighted by Gasteiger charge is 2.44. The maximum atomic E-state index is 12.4. The lowest BCUT2D eigenvalue weighted by molar-refractivity contribution is -0.137. The van der Waals surface area contributed by atoms with Crippen molar-refractivity contribution in [3.63, 3.8) is 0 Å². The summed E-state index contributed by atoms with van der Waals surface area (Å²) in [4.78, 5) is 22.9. The van der Waals surface area contributed by atoms with Gasteiger partial charge in [0.05, 0.1) is 18.8 Å². The predicted octanol–water partition coefficient (Wildman–Crippen LogP) is 8.36. The summed E-state index contributed by atoms with van der Waals surface area (Å²) < 4.78 is 17.4. The molecule has 1 rings (SSSR count). The van der Waals surface area contributed by atoms with E-state index in [9.17, 15) is 9.59 Å². The topological polar surface area (TPSA) is 94.1 Å². The molecule has 2 N–H and O–H groups in total. The molecule has 1 aliphatic heterocycles. The zero-order valence-electron chi connectivity index (χ0n) is 29.0. The third kappa shape index (κ3) is 20.8. The molecule has 1 aliphatic rings. The number of carboxylic acids is 1. The molecule has 1 fully saturated rings. The monoisotopic (exact) mass is 622 g/mol. The number of aliphatic carboxylic acids is 1. The van der Waals surface area contributed by atoms with Crippen LogP contribution in [0.4, 0.5) is 0 Å². The quantitative estimate of drug-likeness (QED) is 0.0619. The van der Waals surface area contributed by atoms with Crippen molar-refractivity contribution in [1.29, 1.82) is 0 Å². The van der Waals surface area contributed by atoms with Gasteiger partial charge in [0, 0.05) is 44.5 Å². The first-order valence-corrected chi connectivity index (χ1v) is 18.3. The van der Waals surface area contributed by atoms with E-state index in [4.69, 9.17) is 27.2 Å². The molecule has 1 amide bonds. The third-order valence-electron chi connectivity index (χ3n) is 9.13. The van der Waals surface area contributed by atoms with Gasteiger partial charge in [-0.25, -0.2) is 0 Å². The van der Waals surface area contributed by atoms with Gasteiger partial charge in [-0.15, -0.1) is 0 Å². The van der Waals surface area contributed by atoms with E-state index in [0.717, 1.165) is 32.1 Å². The van der Waals surface area contributed by atoms with Crippen LogP contribution >= 0.6 is 0 Å². The van der Waals surface area contributed by atoms with Gasteiger partial charge in [0.15, 0.2) is 0 Å². The van der Waals surface area contributed by atoms with Crippen LogP contribution in [0.25, 0.3) is 0 Å². The van der Waals surface area contributed by atoms with Crippen molar-refractivity contribution in [2.24, 2.45) is 11.8 Å². The minimum atomic E-state index is -0.667. The van der Waals surface area contributed by atoms with Crippen LogP contribution < -0.4 is 5.32 Å². The molecule has 256 valence electrons. The van der Waals surface area contributed by atoms with Gasteiger partial charge in [-0.3, -0.25) is 9.59 Å². The molecular formula is C36H68BNO6. The van der Waals surface area contributed by atoms with Gasteiger partial charge in [0.25, 0.3) is 0 Å². The van der Waals surface area contributed by atoms with Crippen molar-refractivity contribution in [1.82, 2.24) is 5.32 Å². The Hall–Kier alpha value is -1.12. The fourth-order valence-electron chi connectivity index (χ4n) is 6.50. The van der Waals surface area contributed by atoms with Crippen LogP contribution in [0.2, 0.25) is 0 Å². The summed E-state index contributed by atoms with van der Waals surface area (Å²) in [5.41, 5.74) is 0. The van der Waals surface area contributed by atoms with Crippen molar-refractivity contribution >= 4 is 19.7 Å². The second-order valence-corrected chi connectivity index (χ2v) is 13.6. The van der Waals surface area contributed by atoms with E-state index in [1.807, 2.05) is 6.92 Å². The van der Waals surface area contributed by atoms with Gasteiger partial charge < -0.3 is 24.6 Å². The number of amides is 1. The van der Waals surface area contributed by atoms with Crippen molar-refractivity contribution in [3.05, 3.63) is 0 Å². The van der Waals surface area contributed by atoms with Gasteiger partial charge in [-0.2, -0.15) is 0 Å². The first-order valence-electron chi connectivity index (χ1n) is 18.3. The summed E-state index contributed by atoms with van der Waals surface area (Å²) >= 11 is 0. The Kier molecular flexibility index (Phi) is 25.1. The van der Waals surface area contributed by atoms with E-state index in [2.05, 4.69) is 19.2 Å². The highest BCUT2D eigenvalue weighted by molar-refractivity contribution is 6.11. The van der Waals surface area contributed by atoms with Crippen molar-refractivity contribution in [3.8, 4) is 0 Å². The van der Waals surface area contributed by atoms with E-state index in [1.165, 1.54) is 96.3 Å². The molecule has 0 aromatic carbocycles. The Morgan fingerprint density at radius 2 is 1.18 bits per heavy atom. The number of carboxylic acid groups (broad SMARTS) is 1. The molecule has 1 heterocycles. The number of carbonyl (C=O) groups is 2. The maximum absolute atomic E-state index is 12.4. The summed E-state index contributed by atoms with van der Waals surface area (Å²) in [5, 5.41) is 11.8. The SMILES string of the molecule is [B]C1OC(COC)C(C(C)C)C1OCCC(C)NC(=O)CCCCCCCCCCCCCCCCCCCCCC(=O)O. The first kappa shape index (κ1) is 40.9. The summed E-state index contributed by atoms with van der Waals surface area (Å²) in [7, 11) is 7.89. The van der Waals surface area contributed by atoms with Crippen LogP contribution in [-0.4, -0.2) is 69.4 Å². The van der Waals surface area contributed by atoms with Crippen molar-refractivity contribution < 1.29 is 28.9 Å². The number of nitrogens with one attached hydrogen (secondary N) is 1. The van der Waals surface area contributed by atoms with Crippen LogP contribution in [0.1, 0.15) is 162 Å². The van der Waals surface area contributed by atoms with Gasteiger partial charge in [-0.1, -0.05) is 123 Å². The zero-order chi connectivity index (χ0) is 32.4. The highest BCUT2D eigenvalue weighted by atomic mass is 16.6. The van der Waals surface area contributed by atoms with Gasteiger partial charge >= 0.3 is 5.97 Å². The molecule has 1 saturated heterocycles. The summed E-state index contributed by atoms with van der Waals surface area (Å²) in [5.74, 6) is 0.0602. The lowest BCUT2D eigenvalue weighted by atomic mass is 9.81. The van der Waals surface area contributed by atoms with Crippen LogP contribution in [0, 0.1) is 11.8 Å². The minimum absolute atomic E-state index is 0.0410. The molecule has 8 heteroatoms. The van der Waals surface area contributed by atoms with Crippen LogP contribution in [0.5, 0.6) is 0 Å². The molecule has 2 radical (unpaired) electrons. The minimum Gasteiger partial charge on any atom is -0.481 e. The molecule has 0 spiro atoms. The third-order valence-corrected chi connectivity index (χ3v) is 9.13. The second kappa shape index (κ2) is 27.0. The standard InChI is InChI=1S/C36H68BNO6/c1-29(2)34-31(28-42-4)44-36(37)35(34)43-27-26-30(3)38-32(39)24-22-20-18-16-14-12-10-8-6-5-7-9-11-13-15-17-19-21-23-25-33(40)41/h29-31,34-36H,5-28H2,1-4H3,(H,38,39)(H,40,41). The Morgan fingerprint density at radius 1 is 0.750 bits per heavy atom. The number of carbonyl (C=O) groups excluding carboxylic acids is 1. The molecule has 5 unspecified atom stereocenters. The van der Waals surface area contributed by atoms with Gasteiger partial charge in [0.1, 0.15) is 7.85 Å². The number of methoxy groups -OCH3 is 1. The van der Waals surface area contributed by atoms with E-state index >= 15 is 0 Å². The molecule has 44 heavy (non-hydrogen) atoms. The zero-order valence-corrected chi connectivity index (χ0v) is 29.0. The Balaban J connectivity index is 1.88. The molecule has 0 saturated carbocycles. The van der Waals surface area contributed by atoms with Crippen LogP contribution in [0.3, 0.4) is 0 Å². The fourth-order valence-corrected chi connectivity index (χ4v) is 6.50. The lowest BCUT2D eigenvalue weighted by Crippen LogP contribution is -2.37. The van der Waals surface area contributed by atoms with E-state index in [1.54, 1.807) is 7.11 Å². The number of rotatable bonds is 30. The predicted molar refractivity (Wildman–Crippen MR) is 181 cm³/mol. The van der Waals surface area contributed by atoms with Crippen LogP contribution in [0.15, 0.2) is 0 Å². The molecule has 0 bridgehead atoms. The number of hydrogen-bond acceptors (Lipinski definition) is 5. The molecule has 0 aliphatic carbocycles.